The summed E-state index contributed by atoms with van der Waals surface area (Å²) in [6.07, 6.45) is -16.7. The molecule has 0 heterocycles. The molecule has 0 aromatic rings. The van der Waals surface area contributed by atoms with Crippen molar-refractivity contribution in [3.05, 3.63) is 0 Å². The maximum atomic E-state index is 12.5. The molecule has 0 saturated heterocycles. The van der Waals surface area contributed by atoms with Crippen molar-refractivity contribution in [3.63, 3.8) is 0 Å². The van der Waals surface area contributed by atoms with Crippen molar-refractivity contribution >= 4 is 23.5 Å². The van der Waals surface area contributed by atoms with E-state index in [2.05, 4.69) is 0 Å². The van der Waals surface area contributed by atoms with Gasteiger partial charge in [0, 0.05) is 49.8 Å². The molecule has 6 N–H and O–H groups in total. The number of hydrogen-bond acceptors (Lipinski definition) is 24. The van der Waals surface area contributed by atoms with Crippen LogP contribution in [0.4, 0.5) is 0 Å². The molecule has 0 radical (unpaired) electrons. The second-order valence-corrected chi connectivity index (χ2v) is 18.9. The zero-order valence-corrected chi connectivity index (χ0v) is 44.6. The molecule has 12 atom stereocenters. The van der Waals surface area contributed by atoms with Gasteiger partial charge in [0.1, 0.15) is 73.2 Å². The van der Waals surface area contributed by atoms with Crippen molar-refractivity contribution in [1.82, 2.24) is 0 Å². The van der Waals surface area contributed by atoms with E-state index >= 15 is 0 Å². The van der Waals surface area contributed by atoms with Crippen LogP contribution in [0.15, 0.2) is 0 Å². The van der Waals surface area contributed by atoms with Gasteiger partial charge in [0.2, 0.25) is 0 Å². The highest BCUT2D eigenvalue weighted by atomic mass is 31.2. The molecule has 2 saturated carbocycles. The third-order valence-corrected chi connectivity index (χ3v) is 12.0. The van der Waals surface area contributed by atoms with Crippen LogP contribution in [0, 0.1) is 0 Å². The second kappa shape index (κ2) is 38.2. The molecule has 0 spiro atoms. The summed E-state index contributed by atoms with van der Waals surface area (Å²) in [6, 6.07) is 0. The largest absolute Gasteiger partial charge is 0.470 e. The van der Waals surface area contributed by atoms with Crippen molar-refractivity contribution in [2.24, 2.45) is 0 Å². The molecule has 0 aromatic heterocycles. The predicted molar refractivity (Wildman–Crippen MR) is 243 cm³/mol. The average Bonchev–Trinajstić information content (AvgIpc) is 3.31. The molecular weight excluding hydrogens is 1040 g/mol. The molecule has 2 aliphatic carbocycles. The molecule has 4 unspecified atom stereocenters. The number of phosphoric acid groups is 3. The summed E-state index contributed by atoms with van der Waals surface area (Å²) in [5, 5.41) is 0. The smallest absolute Gasteiger partial charge is 0.382 e. The highest BCUT2D eigenvalue weighted by Gasteiger charge is 2.58. The third-order valence-electron chi connectivity index (χ3n) is 10.4. The van der Waals surface area contributed by atoms with Crippen molar-refractivity contribution in [1.29, 1.82) is 0 Å². The summed E-state index contributed by atoms with van der Waals surface area (Å²) < 4.78 is 155. The van der Waals surface area contributed by atoms with E-state index in [0.717, 1.165) is 0 Å². The third kappa shape index (κ3) is 26.8. The minimum atomic E-state index is -5.41. The molecule has 0 bridgehead atoms. The standard InChI is InChI=1S/C39H79O30P3/c1-49-8-12-56-16-23-62-32-28(53-5)31(29(54-6)33(37(32)67-70(40,41)42)63-24-17-57-13-9-50-2)61-22-20-60-21-27-66-36-38(68-71(43,44)45)34(64-25-18-58-14-10-51-3)30(55-7)35(39(36)69-72(46,47)48)65-26-19-59-15-11-52-4/h28-39H,8-27H2,1-7H3,(H2,40,41,42)(H2,43,44,45)(H2,46,47,48)/t28-,29+,30?,31?,32+,33-,34-,35+,36?,37?,38+,39-. The van der Waals surface area contributed by atoms with Crippen LogP contribution in [0.1, 0.15) is 0 Å². The zero-order valence-electron chi connectivity index (χ0n) is 41.9. The Morgan fingerprint density at radius 1 is 0.250 bits per heavy atom. The monoisotopic (exact) mass is 1120 g/mol. The first-order valence-corrected chi connectivity index (χ1v) is 27.3. The molecule has 430 valence electrons. The molecule has 0 aromatic carbocycles. The van der Waals surface area contributed by atoms with Crippen molar-refractivity contribution in [2.45, 2.75) is 73.2 Å². The van der Waals surface area contributed by atoms with Gasteiger partial charge < -0.3 is 115 Å². The Kier molecular flexibility index (Phi) is 36.0. The Balaban J connectivity index is 2.37. The summed E-state index contributed by atoms with van der Waals surface area (Å²) in [4.78, 5) is 60.4. The van der Waals surface area contributed by atoms with Crippen LogP contribution in [0.5, 0.6) is 0 Å². The maximum absolute atomic E-state index is 12.5. The van der Waals surface area contributed by atoms with Gasteiger partial charge in [0.25, 0.3) is 0 Å². The van der Waals surface area contributed by atoms with E-state index in [-0.39, 0.29) is 112 Å². The Morgan fingerprint density at radius 3 is 0.583 bits per heavy atom. The number of hydrogen-bond donors (Lipinski definition) is 6. The summed E-state index contributed by atoms with van der Waals surface area (Å²) in [7, 11) is -6.13. The van der Waals surface area contributed by atoms with Crippen LogP contribution < -0.4 is 0 Å². The van der Waals surface area contributed by atoms with Crippen LogP contribution in [0.3, 0.4) is 0 Å². The molecular formula is C39H79O30P3. The Morgan fingerprint density at radius 2 is 0.417 bits per heavy atom. The van der Waals surface area contributed by atoms with Gasteiger partial charge in [0.15, 0.2) is 0 Å². The lowest BCUT2D eigenvalue weighted by Crippen LogP contribution is -2.67. The Bertz CT molecular complexity index is 1410. The topological polar surface area (TPSA) is 366 Å². The van der Waals surface area contributed by atoms with E-state index in [0.29, 0.717) is 13.2 Å². The molecule has 0 amide bonds. The lowest BCUT2D eigenvalue weighted by molar-refractivity contribution is -0.266. The van der Waals surface area contributed by atoms with Crippen LogP contribution >= 0.6 is 23.5 Å². The number of methoxy groups -OCH3 is 7. The highest BCUT2D eigenvalue weighted by Crippen LogP contribution is 2.48. The van der Waals surface area contributed by atoms with Crippen molar-refractivity contribution in [3.8, 4) is 0 Å². The van der Waals surface area contributed by atoms with Gasteiger partial charge in [-0.2, -0.15) is 0 Å². The van der Waals surface area contributed by atoms with Gasteiger partial charge >= 0.3 is 23.5 Å². The molecule has 33 heteroatoms. The summed E-state index contributed by atoms with van der Waals surface area (Å²) in [5.41, 5.74) is 0. The van der Waals surface area contributed by atoms with Crippen LogP contribution in [0.25, 0.3) is 0 Å². The summed E-state index contributed by atoms with van der Waals surface area (Å²) >= 11 is 0. The first kappa shape index (κ1) is 67.7. The predicted octanol–water partition coefficient (Wildman–Crippen LogP) is -1.53. The van der Waals surface area contributed by atoms with Gasteiger partial charge in [-0.3, -0.25) is 13.6 Å². The number of rotatable bonds is 45. The van der Waals surface area contributed by atoms with Gasteiger partial charge in [-0.15, -0.1) is 0 Å². The quantitative estimate of drug-likeness (QED) is 0.0298. The maximum Gasteiger partial charge on any atom is 0.470 e. The zero-order chi connectivity index (χ0) is 53.4. The van der Waals surface area contributed by atoms with E-state index in [9.17, 15) is 43.1 Å². The Labute approximate surface area is 419 Å². The molecule has 2 aliphatic rings. The van der Waals surface area contributed by atoms with E-state index < -0.39 is 103 Å². The fourth-order valence-electron chi connectivity index (χ4n) is 7.56. The SMILES string of the molecule is COCCOCCO[C@@H]1C(OP(=O)(O)O)[C@H](OCCOCCOC)[C@@H](OC)C(OCCOCCOC2[C@@H](OP(=O)(O)O)[C@H](OCCOCCOC)C(OC)[C@H](OCCOCCOC)[C@H]2OP(=O)(O)O)[C@H]1OC. The second-order valence-electron chi connectivity index (χ2n) is 15.3. The van der Waals surface area contributed by atoms with Gasteiger partial charge in [-0.25, -0.2) is 13.7 Å². The van der Waals surface area contributed by atoms with E-state index in [4.69, 9.17) is 98.8 Å². The summed E-state index contributed by atoms with van der Waals surface area (Å²) in [6.45, 7) is 0.644. The van der Waals surface area contributed by atoms with Crippen LogP contribution in [-0.2, 0) is 113 Å². The van der Waals surface area contributed by atoms with Gasteiger partial charge in [-0.1, -0.05) is 0 Å². The van der Waals surface area contributed by atoms with Gasteiger partial charge in [0.05, 0.1) is 132 Å². The average molecular weight is 1120 g/mol. The molecule has 30 nitrogen and oxygen atoms in total. The van der Waals surface area contributed by atoms with Crippen molar-refractivity contribution in [2.75, 3.05) is 182 Å². The van der Waals surface area contributed by atoms with Crippen LogP contribution in [0.2, 0.25) is 0 Å². The first-order chi connectivity index (χ1) is 34.4. The number of phosphoric ester groups is 3. The van der Waals surface area contributed by atoms with E-state index in [1.54, 1.807) is 0 Å². The summed E-state index contributed by atoms with van der Waals surface area (Å²) in [5.74, 6) is 0. The minimum absolute atomic E-state index is 0.0174. The van der Waals surface area contributed by atoms with E-state index in [1.807, 2.05) is 0 Å². The molecule has 72 heavy (non-hydrogen) atoms. The Hall–Kier alpha value is -0.390. The lowest BCUT2D eigenvalue weighted by atomic mass is 9.84. The molecule has 0 aliphatic heterocycles. The minimum Gasteiger partial charge on any atom is -0.382 e. The lowest BCUT2D eigenvalue weighted by Gasteiger charge is -2.49. The molecule has 2 fully saturated rings. The first-order valence-electron chi connectivity index (χ1n) is 22.8. The number of ether oxygens (including phenoxy) is 18. The van der Waals surface area contributed by atoms with Gasteiger partial charge in [-0.05, 0) is 0 Å². The normalized spacial score (nSPS) is 27.5. The highest BCUT2D eigenvalue weighted by molar-refractivity contribution is 7.46. The fourth-order valence-corrected chi connectivity index (χ4v) is 9.23. The molecule has 2 rings (SSSR count). The fraction of sp³-hybridized carbons (Fsp3) is 1.00. The van der Waals surface area contributed by atoms with E-state index in [1.165, 1.54) is 49.8 Å². The van der Waals surface area contributed by atoms with Crippen molar-refractivity contribution < 1.29 is 142 Å². The van der Waals surface area contributed by atoms with Crippen LogP contribution in [-0.4, -0.2) is 285 Å².